The molecule has 1 aliphatic heterocycles. The first-order valence-corrected chi connectivity index (χ1v) is 9.69. The highest BCUT2D eigenvalue weighted by atomic mass is 16.5. The molecule has 2 fully saturated rings. The number of amides is 1. The van der Waals surface area contributed by atoms with Gasteiger partial charge in [-0.25, -0.2) is 4.98 Å². The Morgan fingerprint density at radius 2 is 2.00 bits per heavy atom. The van der Waals surface area contributed by atoms with E-state index in [0.717, 1.165) is 13.2 Å². The van der Waals surface area contributed by atoms with Gasteiger partial charge in [0.15, 0.2) is 5.78 Å². The number of carbonyl (C=O) groups excluding carboxylic acids is 2. The zero-order valence-electron chi connectivity index (χ0n) is 16.4. The van der Waals surface area contributed by atoms with E-state index in [4.69, 9.17) is 9.47 Å². The number of aliphatic hydroxyl groups excluding tert-OH is 1. The summed E-state index contributed by atoms with van der Waals surface area (Å²) in [5, 5.41) is 13.4. The summed E-state index contributed by atoms with van der Waals surface area (Å²) in [6.07, 6.45) is -0.712. The number of rotatable bonds is 7. The number of methoxy groups -OCH3 is 1. The molecular formula is C22H24N2O5. The monoisotopic (exact) mass is 396 g/mol. The molecule has 1 unspecified atom stereocenters. The Hall–Kier alpha value is -2.77. The van der Waals surface area contributed by atoms with Crippen molar-refractivity contribution in [1.82, 2.24) is 10.3 Å². The van der Waals surface area contributed by atoms with E-state index >= 15 is 0 Å². The maximum atomic E-state index is 12.9. The number of ether oxygens (including phenoxy) is 2. The smallest absolute Gasteiger partial charge is 0.269 e. The Kier molecular flexibility index (Phi) is 5.34. The van der Waals surface area contributed by atoms with Crippen LogP contribution < -0.4 is 10.1 Å². The summed E-state index contributed by atoms with van der Waals surface area (Å²) in [7, 11) is 3.02. The summed E-state index contributed by atoms with van der Waals surface area (Å²) < 4.78 is 10.7. The maximum absolute atomic E-state index is 12.9. The highest BCUT2D eigenvalue weighted by Gasteiger charge is 2.54. The molecule has 1 aromatic carbocycles. The molecule has 2 N–H and O–H groups in total. The number of aliphatic hydroxyl groups is 1. The minimum absolute atomic E-state index is 0.0505. The van der Waals surface area contributed by atoms with Crippen molar-refractivity contribution in [2.45, 2.75) is 12.5 Å². The molecule has 2 heterocycles. The predicted molar refractivity (Wildman–Crippen MR) is 105 cm³/mol. The number of ketones is 1. The molecular weight excluding hydrogens is 372 g/mol. The van der Waals surface area contributed by atoms with Crippen LogP contribution in [0.3, 0.4) is 0 Å². The van der Waals surface area contributed by atoms with Gasteiger partial charge in [-0.05, 0) is 36.0 Å². The molecule has 7 nitrogen and oxygen atoms in total. The van der Waals surface area contributed by atoms with Crippen LogP contribution in [-0.2, 0) is 4.74 Å². The Balaban J connectivity index is 1.65. The molecule has 152 valence electrons. The van der Waals surface area contributed by atoms with Crippen LogP contribution in [0.25, 0.3) is 0 Å². The van der Waals surface area contributed by atoms with Crippen molar-refractivity contribution in [2.75, 3.05) is 27.4 Å². The number of carbonyl (C=O) groups is 2. The minimum Gasteiger partial charge on any atom is -0.496 e. The van der Waals surface area contributed by atoms with Crippen molar-refractivity contribution in [3.05, 3.63) is 58.9 Å². The van der Waals surface area contributed by atoms with Crippen LogP contribution in [0, 0.1) is 17.8 Å². The number of fused-ring (bicyclic) bond motifs is 1. The van der Waals surface area contributed by atoms with Gasteiger partial charge in [0.2, 0.25) is 0 Å². The normalized spacial score (nSPS) is 23.2. The van der Waals surface area contributed by atoms with Crippen LogP contribution in [-0.4, -0.2) is 49.2 Å². The number of aromatic nitrogens is 1. The number of benzene rings is 1. The molecule has 4 atom stereocenters. The number of hydrogen-bond donors (Lipinski definition) is 2. The number of Topliss-reactive ketones (excluding diaryl/α,β-unsaturated/α-hetero) is 1. The summed E-state index contributed by atoms with van der Waals surface area (Å²) in [5.74, 6) is 1.33. The van der Waals surface area contributed by atoms with E-state index in [2.05, 4.69) is 10.3 Å². The van der Waals surface area contributed by atoms with Crippen molar-refractivity contribution < 1.29 is 24.2 Å². The van der Waals surface area contributed by atoms with Crippen LogP contribution in [0.15, 0.2) is 36.4 Å². The predicted octanol–water partition coefficient (Wildman–Crippen LogP) is 2.00. The van der Waals surface area contributed by atoms with Gasteiger partial charge in [-0.2, -0.15) is 0 Å². The lowest BCUT2D eigenvalue weighted by Crippen LogP contribution is -2.21. The zero-order valence-corrected chi connectivity index (χ0v) is 16.4. The first-order chi connectivity index (χ1) is 14.0. The SMILES string of the molecule is CNC(=O)c1cc(C(=O)CC2[C@H]3COC[C@@H]23)cc([C@@H](O)c2ccccc2OC)n1. The highest BCUT2D eigenvalue weighted by molar-refractivity contribution is 6.00. The lowest BCUT2D eigenvalue weighted by molar-refractivity contribution is 0.0950. The third kappa shape index (κ3) is 3.75. The van der Waals surface area contributed by atoms with Gasteiger partial charge in [-0.15, -0.1) is 0 Å². The molecule has 1 saturated heterocycles. The number of para-hydroxylation sites is 1. The molecule has 1 saturated carbocycles. The van der Waals surface area contributed by atoms with E-state index in [1.54, 1.807) is 30.3 Å². The van der Waals surface area contributed by atoms with Crippen molar-refractivity contribution in [3.8, 4) is 5.75 Å². The fraction of sp³-hybridized carbons (Fsp3) is 0.409. The average molecular weight is 396 g/mol. The van der Waals surface area contributed by atoms with Gasteiger partial charge in [0, 0.05) is 24.6 Å². The van der Waals surface area contributed by atoms with E-state index in [1.807, 2.05) is 0 Å². The van der Waals surface area contributed by atoms with Crippen LogP contribution in [0.2, 0.25) is 0 Å². The third-order valence-electron chi connectivity index (χ3n) is 5.89. The number of nitrogens with one attached hydrogen (secondary N) is 1. The van der Waals surface area contributed by atoms with Gasteiger partial charge >= 0.3 is 0 Å². The van der Waals surface area contributed by atoms with Crippen LogP contribution in [0.4, 0.5) is 0 Å². The molecule has 1 amide bonds. The minimum atomic E-state index is -1.13. The molecule has 2 aliphatic rings. The molecule has 4 rings (SSSR count). The standard InChI is InChI=1S/C22H24N2O5/c1-23-22(27)18-8-12(19(25)9-14-15-10-29-11-16(14)15)7-17(24-18)21(26)13-5-3-4-6-20(13)28-2/h3-8,14-16,21,26H,9-11H2,1-2H3,(H,23,27)/t14?,15-,16+,21-/m0/s1. The van der Waals surface area contributed by atoms with Gasteiger partial charge in [0.1, 0.15) is 17.5 Å². The summed E-state index contributed by atoms with van der Waals surface area (Å²) >= 11 is 0. The van der Waals surface area contributed by atoms with Crippen molar-refractivity contribution in [3.63, 3.8) is 0 Å². The first-order valence-electron chi connectivity index (χ1n) is 9.69. The molecule has 29 heavy (non-hydrogen) atoms. The number of pyridine rings is 1. The van der Waals surface area contributed by atoms with Crippen molar-refractivity contribution in [2.24, 2.45) is 17.8 Å². The molecule has 0 bridgehead atoms. The fourth-order valence-electron chi connectivity index (χ4n) is 4.14. The molecule has 2 aromatic rings. The zero-order chi connectivity index (χ0) is 20.5. The van der Waals surface area contributed by atoms with Crippen LogP contribution in [0.1, 0.15) is 44.6 Å². The quantitative estimate of drug-likeness (QED) is 0.695. The van der Waals surface area contributed by atoms with Gasteiger partial charge in [-0.1, -0.05) is 18.2 Å². The summed E-state index contributed by atoms with van der Waals surface area (Å²) in [5.41, 5.74) is 1.23. The second-order valence-electron chi connectivity index (χ2n) is 7.55. The maximum Gasteiger partial charge on any atom is 0.269 e. The van der Waals surface area contributed by atoms with Crippen molar-refractivity contribution >= 4 is 11.7 Å². The number of nitrogens with zero attached hydrogens (tertiary/aromatic N) is 1. The second kappa shape index (κ2) is 7.93. The van der Waals surface area contributed by atoms with Crippen molar-refractivity contribution in [1.29, 1.82) is 0 Å². The second-order valence-corrected chi connectivity index (χ2v) is 7.55. The Morgan fingerprint density at radius 1 is 1.28 bits per heavy atom. The lowest BCUT2D eigenvalue weighted by atomic mass is 9.99. The number of hydrogen-bond acceptors (Lipinski definition) is 6. The molecule has 7 heteroatoms. The lowest BCUT2D eigenvalue weighted by Gasteiger charge is -2.16. The molecule has 0 radical (unpaired) electrons. The summed E-state index contributed by atoms with van der Waals surface area (Å²) in [6.45, 7) is 1.44. The molecule has 1 aliphatic carbocycles. The average Bonchev–Trinajstić information content (AvgIpc) is 3.17. The third-order valence-corrected chi connectivity index (χ3v) is 5.89. The Labute approximate surface area is 169 Å². The molecule has 0 spiro atoms. The summed E-state index contributed by atoms with van der Waals surface area (Å²) in [6, 6.07) is 10.1. The van der Waals surface area contributed by atoms with Crippen LogP contribution >= 0.6 is 0 Å². The summed E-state index contributed by atoms with van der Waals surface area (Å²) in [4.78, 5) is 29.4. The van der Waals surface area contributed by atoms with E-state index in [9.17, 15) is 14.7 Å². The molecule has 1 aromatic heterocycles. The van der Waals surface area contributed by atoms with E-state index in [-0.39, 0.29) is 17.2 Å². The van der Waals surface area contributed by atoms with Gasteiger partial charge in [0.05, 0.1) is 26.0 Å². The fourth-order valence-corrected chi connectivity index (χ4v) is 4.14. The van der Waals surface area contributed by atoms with Gasteiger partial charge < -0.3 is 19.9 Å². The largest absolute Gasteiger partial charge is 0.496 e. The Bertz CT molecular complexity index is 935. The highest BCUT2D eigenvalue weighted by Crippen LogP contribution is 2.53. The van der Waals surface area contributed by atoms with Gasteiger partial charge in [0.25, 0.3) is 5.91 Å². The van der Waals surface area contributed by atoms with E-state index in [0.29, 0.717) is 41.1 Å². The van der Waals surface area contributed by atoms with E-state index in [1.165, 1.54) is 20.2 Å². The van der Waals surface area contributed by atoms with Crippen LogP contribution in [0.5, 0.6) is 5.75 Å². The first kappa shape index (κ1) is 19.5. The Morgan fingerprint density at radius 3 is 2.69 bits per heavy atom. The topological polar surface area (TPSA) is 97.8 Å². The van der Waals surface area contributed by atoms with Gasteiger partial charge in [-0.3, -0.25) is 9.59 Å². The van der Waals surface area contributed by atoms with E-state index < -0.39 is 12.0 Å².